The Hall–Kier alpha value is -1.84. The molecule has 1 N–H and O–H groups in total. The monoisotopic (exact) mass is 316 g/mol. The molecule has 0 fully saturated rings. The van der Waals surface area contributed by atoms with Crippen LogP contribution in [0.5, 0.6) is 0 Å². The van der Waals surface area contributed by atoms with Crippen LogP contribution in [0.25, 0.3) is 0 Å². The van der Waals surface area contributed by atoms with Crippen molar-refractivity contribution in [3.05, 3.63) is 70.2 Å². The SMILES string of the molecule is CCN(C)Cc1cccc(CNC(=O)c2ccccc2Cl)c1. The Kier molecular flexibility index (Phi) is 5.99. The first-order valence-corrected chi connectivity index (χ1v) is 7.77. The number of benzene rings is 2. The van der Waals surface area contributed by atoms with Gasteiger partial charge in [0.1, 0.15) is 0 Å². The van der Waals surface area contributed by atoms with E-state index < -0.39 is 0 Å². The van der Waals surface area contributed by atoms with Crippen LogP contribution in [0, 0.1) is 0 Å². The van der Waals surface area contributed by atoms with Crippen LogP contribution in [0.1, 0.15) is 28.4 Å². The molecule has 0 radical (unpaired) electrons. The van der Waals surface area contributed by atoms with Crippen molar-refractivity contribution in [3.8, 4) is 0 Å². The molecule has 0 aliphatic rings. The number of hydrogen-bond donors (Lipinski definition) is 1. The van der Waals surface area contributed by atoms with Gasteiger partial charge in [0.25, 0.3) is 5.91 Å². The van der Waals surface area contributed by atoms with E-state index in [0.29, 0.717) is 17.1 Å². The molecule has 2 aromatic carbocycles. The number of amides is 1. The summed E-state index contributed by atoms with van der Waals surface area (Å²) >= 11 is 6.03. The van der Waals surface area contributed by atoms with Crippen LogP contribution in [-0.4, -0.2) is 24.4 Å². The predicted molar refractivity (Wildman–Crippen MR) is 91.1 cm³/mol. The zero-order valence-electron chi connectivity index (χ0n) is 13.0. The molecule has 4 heteroatoms. The summed E-state index contributed by atoms with van der Waals surface area (Å²) < 4.78 is 0. The van der Waals surface area contributed by atoms with Crippen LogP contribution in [0.3, 0.4) is 0 Å². The fourth-order valence-electron chi connectivity index (χ4n) is 2.18. The summed E-state index contributed by atoms with van der Waals surface area (Å²) in [5, 5.41) is 3.38. The molecule has 3 nitrogen and oxygen atoms in total. The molecule has 0 saturated heterocycles. The number of carbonyl (C=O) groups is 1. The van der Waals surface area contributed by atoms with Crippen molar-refractivity contribution in [2.24, 2.45) is 0 Å². The van der Waals surface area contributed by atoms with Gasteiger partial charge in [-0.2, -0.15) is 0 Å². The van der Waals surface area contributed by atoms with Crippen LogP contribution in [-0.2, 0) is 13.1 Å². The van der Waals surface area contributed by atoms with E-state index in [0.717, 1.165) is 18.7 Å². The van der Waals surface area contributed by atoms with Gasteiger partial charge in [0.15, 0.2) is 0 Å². The maximum atomic E-state index is 12.1. The summed E-state index contributed by atoms with van der Waals surface area (Å²) in [7, 11) is 2.09. The standard InChI is InChI=1S/C18H21ClN2O/c1-3-21(2)13-15-8-6-7-14(11-15)12-20-18(22)16-9-4-5-10-17(16)19/h4-11H,3,12-13H2,1-2H3,(H,20,22). The van der Waals surface area contributed by atoms with Gasteiger partial charge in [-0.05, 0) is 36.9 Å². The highest BCUT2D eigenvalue weighted by molar-refractivity contribution is 6.33. The lowest BCUT2D eigenvalue weighted by atomic mass is 10.1. The van der Waals surface area contributed by atoms with Crippen molar-refractivity contribution < 1.29 is 4.79 Å². The Bertz CT molecular complexity index is 642. The Morgan fingerprint density at radius 2 is 1.86 bits per heavy atom. The molecule has 0 saturated carbocycles. The van der Waals surface area contributed by atoms with Gasteiger partial charge < -0.3 is 10.2 Å². The lowest BCUT2D eigenvalue weighted by Crippen LogP contribution is -2.23. The number of halogens is 1. The molecule has 2 aromatic rings. The fourth-order valence-corrected chi connectivity index (χ4v) is 2.41. The molecular formula is C18H21ClN2O. The van der Waals surface area contributed by atoms with E-state index in [2.05, 4.69) is 36.3 Å². The summed E-state index contributed by atoms with van der Waals surface area (Å²) in [6.07, 6.45) is 0. The molecule has 22 heavy (non-hydrogen) atoms. The lowest BCUT2D eigenvalue weighted by Gasteiger charge is -2.14. The zero-order valence-corrected chi connectivity index (χ0v) is 13.7. The zero-order chi connectivity index (χ0) is 15.9. The summed E-state index contributed by atoms with van der Waals surface area (Å²) in [5.41, 5.74) is 2.84. The fraction of sp³-hybridized carbons (Fsp3) is 0.278. The van der Waals surface area contributed by atoms with Gasteiger partial charge in [-0.25, -0.2) is 0 Å². The first-order chi connectivity index (χ1) is 10.6. The van der Waals surface area contributed by atoms with E-state index >= 15 is 0 Å². The van der Waals surface area contributed by atoms with E-state index in [4.69, 9.17) is 11.6 Å². The number of rotatable bonds is 6. The van der Waals surface area contributed by atoms with Gasteiger partial charge in [0.2, 0.25) is 0 Å². The molecule has 2 rings (SSSR count). The van der Waals surface area contributed by atoms with Crippen molar-refractivity contribution in [1.29, 1.82) is 0 Å². The van der Waals surface area contributed by atoms with Crippen LogP contribution < -0.4 is 5.32 Å². The van der Waals surface area contributed by atoms with Crippen molar-refractivity contribution in [3.63, 3.8) is 0 Å². The number of carbonyl (C=O) groups excluding carboxylic acids is 1. The van der Waals surface area contributed by atoms with E-state index in [1.807, 2.05) is 24.3 Å². The predicted octanol–water partition coefficient (Wildman–Crippen LogP) is 3.72. The maximum Gasteiger partial charge on any atom is 0.253 e. The molecule has 0 heterocycles. The first-order valence-electron chi connectivity index (χ1n) is 7.39. The highest BCUT2D eigenvalue weighted by Crippen LogP contribution is 2.15. The molecular weight excluding hydrogens is 296 g/mol. The minimum Gasteiger partial charge on any atom is -0.348 e. The molecule has 0 spiro atoms. The molecule has 1 amide bonds. The van der Waals surface area contributed by atoms with Crippen LogP contribution >= 0.6 is 11.6 Å². The van der Waals surface area contributed by atoms with Crippen LogP contribution in [0.15, 0.2) is 48.5 Å². The summed E-state index contributed by atoms with van der Waals surface area (Å²) in [6, 6.07) is 15.3. The lowest BCUT2D eigenvalue weighted by molar-refractivity contribution is 0.0951. The van der Waals surface area contributed by atoms with Crippen molar-refractivity contribution >= 4 is 17.5 Å². The van der Waals surface area contributed by atoms with Crippen LogP contribution in [0.2, 0.25) is 5.02 Å². The van der Waals surface area contributed by atoms with Gasteiger partial charge >= 0.3 is 0 Å². The number of nitrogens with zero attached hydrogens (tertiary/aromatic N) is 1. The highest BCUT2D eigenvalue weighted by atomic mass is 35.5. The normalized spacial score (nSPS) is 10.7. The number of nitrogens with one attached hydrogen (secondary N) is 1. The Morgan fingerprint density at radius 1 is 1.14 bits per heavy atom. The smallest absolute Gasteiger partial charge is 0.253 e. The summed E-state index contributed by atoms with van der Waals surface area (Å²) in [5.74, 6) is -0.151. The average molecular weight is 317 g/mol. The second kappa shape index (κ2) is 7.97. The molecule has 0 unspecified atom stereocenters. The molecule has 0 aromatic heterocycles. The maximum absolute atomic E-state index is 12.1. The van der Waals surface area contributed by atoms with Gasteiger partial charge in [-0.1, -0.05) is 54.9 Å². The summed E-state index contributed by atoms with van der Waals surface area (Å²) in [4.78, 5) is 14.4. The molecule has 0 aliphatic heterocycles. The Morgan fingerprint density at radius 3 is 2.59 bits per heavy atom. The van der Waals surface area contributed by atoms with Gasteiger partial charge in [0, 0.05) is 13.1 Å². The van der Waals surface area contributed by atoms with E-state index in [1.165, 1.54) is 5.56 Å². The molecule has 0 atom stereocenters. The molecule has 0 bridgehead atoms. The minimum absolute atomic E-state index is 0.151. The van der Waals surface area contributed by atoms with Crippen molar-refractivity contribution in [2.45, 2.75) is 20.0 Å². The van der Waals surface area contributed by atoms with Gasteiger partial charge in [0.05, 0.1) is 10.6 Å². The topological polar surface area (TPSA) is 32.3 Å². The van der Waals surface area contributed by atoms with Gasteiger partial charge in [-0.3, -0.25) is 4.79 Å². The third-order valence-corrected chi connectivity index (χ3v) is 3.88. The van der Waals surface area contributed by atoms with E-state index in [9.17, 15) is 4.79 Å². The second-order valence-electron chi connectivity index (χ2n) is 5.31. The molecule has 116 valence electrons. The third kappa shape index (κ3) is 4.58. The van der Waals surface area contributed by atoms with Crippen molar-refractivity contribution in [2.75, 3.05) is 13.6 Å². The average Bonchev–Trinajstić information content (AvgIpc) is 2.53. The summed E-state index contributed by atoms with van der Waals surface area (Å²) in [6.45, 7) is 4.54. The largest absolute Gasteiger partial charge is 0.348 e. The molecule has 0 aliphatic carbocycles. The van der Waals surface area contributed by atoms with Gasteiger partial charge in [-0.15, -0.1) is 0 Å². The van der Waals surface area contributed by atoms with Crippen LogP contribution in [0.4, 0.5) is 0 Å². The van der Waals surface area contributed by atoms with Crippen molar-refractivity contribution in [1.82, 2.24) is 10.2 Å². The second-order valence-corrected chi connectivity index (χ2v) is 5.72. The highest BCUT2D eigenvalue weighted by Gasteiger charge is 2.09. The Balaban J connectivity index is 1.98. The van der Waals surface area contributed by atoms with E-state index in [-0.39, 0.29) is 5.91 Å². The Labute approximate surface area is 136 Å². The quantitative estimate of drug-likeness (QED) is 0.881. The van der Waals surface area contributed by atoms with E-state index in [1.54, 1.807) is 12.1 Å². The first kappa shape index (κ1) is 16.5. The minimum atomic E-state index is -0.151. The third-order valence-electron chi connectivity index (χ3n) is 3.56. The number of hydrogen-bond acceptors (Lipinski definition) is 2.